The van der Waals surface area contributed by atoms with Gasteiger partial charge in [0, 0.05) is 25.1 Å². The van der Waals surface area contributed by atoms with Gasteiger partial charge in [0.1, 0.15) is 5.82 Å². The third-order valence-corrected chi connectivity index (χ3v) is 3.37. The van der Waals surface area contributed by atoms with Crippen LogP contribution in [0.15, 0.2) is 18.2 Å². The van der Waals surface area contributed by atoms with Crippen LogP contribution in [0.4, 0.5) is 4.39 Å². The van der Waals surface area contributed by atoms with E-state index >= 15 is 0 Å². The lowest BCUT2D eigenvalue weighted by atomic mass is 10.1. The summed E-state index contributed by atoms with van der Waals surface area (Å²) in [4.78, 5) is 13.7. The average molecular weight is 291 g/mol. The van der Waals surface area contributed by atoms with Gasteiger partial charge in [0.15, 0.2) is 0 Å². The summed E-state index contributed by atoms with van der Waals surface area (Å²) in [6, 6.07) is 6.23. The van der Waals surface area contributed by atoms with Crippen molar-refractivity contribution in [2.75, 3.05) is 13.1 Å². The van der Waals surface area contributed by atoms with E-state index in [0.29, 0.717) is 25.1 Å². The van der Waals surface area contributed by atoms with Crippen molar-refractivity contribution in [1.29, 1.82) is 5.26 Å². The van der Waals surface area contributed by atoms with Crippen molar-refractivity contribution in [2.24, 2.45) is 5.73 Å². The lowest BCUT2D eigenvalue weighted by molar-refractivity contribution is -0.131. The number of nitrogens with zero attached hydrogens (tertiary/aromatic N) is 2. The normalized spacial score (nSPS) is 10.2. The zero-order valence-corrected chi connectivity index (χ0v) is 12.4. The van der Waals surface area contributed by atoms with Crippen LogP contribution in [0.25, 0.3) is 0 Å². The number of amides is 1. The molecule has 114 valence electrons. The largest absolute Gasteiger partial charge is 0.339 e. The predicted molar refractivity (Wildman–Crippen MR) is 79.7 cm³/mol. The fourth-order valence-electron chi connectivity index (χ4n) is 2.08. The molecule has 2 N–H and O–H groups in total. The maximum Gasteiger partial charge on any atom is 0.222 e. The summed E-state index contributed by atoms with van der Waals surface area (Å²) in [5.74, 6) is -0.415. The topological polar surface area (TPSA) is 70.1 Å². The van der Waals surface area contributed by atoms with Crippen LogP contribution in [0.2, 0.25) is 0 Å². The van der Waals surface area contributed by atoms with Gasteiger partial charge in [-0.3, -0.25) is 4.79 Å². The Hall–Kier alpha value is -1.93. The molecule has 0 aliphatic carbocycles. The predicted octanol–water partition coefficient (Wildman–Crippen LogP) is 2.56. The summed E-state index contributed by atoms with van der Waals surface area (Å²) >= 11 is 0. The van der Waals surface area contributed by atoms with Crippen molar-refractivity contribution >= 4 is 5.91 Å². The monoisotopic (exact) mass is 291 g/mol. The lowest BCUT2D eigenvalue weighted by Crippen LogP contribution is -2.30. The molecular formula is C16H22FN3O. The van der Waals surface area contributed by atoms with E-state index in [0.717, 1.165) is 19.3 Å². The zero-order chi connectivity index (χ0) is 15.7. The first-order valence-corrected chi connectivity index (χ1v) is 7.28. The summed E-state index contributed by atoms with van der Waals surface area (Å²) in [6.45, 7) is 3.29. The number of nitrogens with two attached hydrogens (primary N) is 1. The summed E-state index contributed by atoms with van der Waals surface area (Å²) in [5.41, 5.74) is 6.13. The fourth-order valence-corrected chi connectivity index (χ4v) is 2.08. The minimum Gasteiger partial charge on any atom is -0.339 e. The van der Waals surface area contributed by atoms with E-state index in [1.165, 1.54) is 6.07 Å². The van der Waals surface area contributed by atoms with Crippen LogP contribution in [0.3, 0.4) is 0 Å². The number of halogens is 1. The van der Waals surface area contributed by atoms with Crippen LogP contribution >= 0.6 is 0 Å². The quantitative estimate of drug-likeness (QED) is 0.748. The Morgan fingerprint density at radius 2 is 2.14 bits per heavy atom. The third-order valence-electron chi connectivity index (χ3n) is 3.37. The van der Waals surface area contributed by atoms with Gasteiger partial charge < -0.3 is 10.6 Å². The van der Waals surface area contributed by atoms with Crippen molar-refractivity contribution in [1.82, 2.24) is 4.90 Å². The molecule has 1 aromatic carbocycles. The van der Waals surface area contributed by atoms with Crippen LogP contribution in [0.5, 0.6) is 0 Å². The van der Waals surface area contributed by atoms with E-state index in [2.05, 4.69) is 0 Å². The average Bonchev–Trinajstić information content (AvgIpc) is 2.50. The van der Waals surface area contributed by atoms with Gasteiger partial charge in [0.25, 0.3) is 0 Å². The SMILES string of the molecule is CCN(Cc1ccc(C#N)cc1F)C(=O)CCCCCN. The minimum absolute atomic E-state index is 0.0262. The summed E-state index contributed by atoms with van der Waals surface area (Å²) in [6.07, 6.45) is 3.13. The van der Waals surface area contributed by atoms with Gasteiger partial charge in [-0.25, -0.2) is 4.39 Å². The minimum atomic E-state index is -0.441. The number of benzene rings is 1. The van der Waals surface area contributed by atoms with Gasteiger partial charge in [0.05, 0.1) is 11.6 Å². The first kappa shape index (κ1) is 17.1. The number of hydrogen-bond acceptors (Lipinski definition) is 3. The van der Waals surface area contributed by atoms with Crippen LogP contribution in [-0.2, 0) is 11.3 Å². The smallest absolute Gasteiger partial charge is 0.222 e. The van der Waals surface area contributed by atoms with Gasteiger partial charge in [-0.1, -0.05) is 12.5 Å². The van der Waals surface area contributed by atoms with E-state index in [1.54, 1.807) is 17.0 Å². The zero-order valence-electron chi connectivity index (χ0n) is 12.4. The summed E-state index contributed by atoms with van der Waals surface area (Å²) < 4.78 is 13.8. The highest BCUT2D eigenvalue weighted by atomic mass is 19.1. The number of hydrogen-bond donors (Lipinski definition) is 1. The molecule has 0 unspecified atom stereocenters. The first-order chi connectivity index (χ1) is 10.1. The molecule has 0 aliphatic rings. The molecule has 1 aromatic rings. The van der Waals surface area contributed by atoms with Crippen LogP contribution < -0.4 is 5.73 Å². The molecule has 0 radical (unpaired) electrons. The molecule has 0 heterocycles. The molecule has 0 aromatic heterocycles. The standard InChI is InChI=1S/C16H22FN3O/c1-2-20(16(21)6-4-3-5-9-18)12-14-8-7-13(11-19)10-15(14)17/h7-8,10H,2-6,9,12,18H2,1H3. The van der Waals surface area contributed by atoms with Crippen molar-refractivity contribution in [3.05, 3.63) is 35.1 Å². The lowest BCUT2D eigenvalue weighted by Gasteiger charge is -2.21. The first-order valence-electron chi connectivity index (χ1n) is 7.28. The fraction of sp³-hybridized carbons (Fsp3) is 0.500. The number of unbranched alkanes of at least 4 members (excludes halogenated alkanes) is 2. The molecule has 4 nitrogen and oxygen atoms in total. The summed E-state index contributed by atoms with van der Waals surface area (Å²) in [7, 11) is 0. The highest BCUT2D eigenvalue weighted by Crippen LogP contribution is 2.14. The van der Waals surface area contributed by atoms with Gasteiger partial charge >= 0.3 is 0 Å². The molecule has 1 rings (SSSR count). The van der Waals surface area contributed by atoms with Crippen molar-refractivity contribution < 1.29 is 9.18 Å². The number of rotatable bonds is 8. The second kappa shape index (κ2) is 9.09. The van der Waals surface area contributed by atoms with Gasteiger partial charge in [-0.2, -0.15) is 5.26 Å². The molecule has 0 saturated carbocycles. The van der Waals surface area contributed by atoms with Crippen LogP contribution in [-0.4, -0.2) is 23.9 Å². The Morgan fingerprint density at radius 3 is 2.71 bits per heavy atom. The van der Waals surface area contributed by atoms with Crippen molar-refractivity contribution in [2.45, 2.75) is 39.2 Å². The Balaban J connectivity index is 2.61. The van der Waals surface area contributed by atoms with Crippen LogP contribution in [0, 0.1) is 17.1 Å². The molecule has 0 aliphatic heterocycles. The molecular weight excluding hydrogens is 269 g/mol. The second-order valence-electron chi connectivity index (χ2n) is 4.93. The molecule has 1 amide bonds. The molecule has 0 saturated heterocycles. The van der Waals surface area contributed by atoms with Gasteiger partial charge in [0.2, 0.25) is 5.91 Å². The molecule has 0 spiro atoms. The van der Waals surface area contributed by atoms with Crippen molar-refractivity contribution in [3.8, 4) is 6.07 Å². The van der Waals surface area contributed by atoms with Gasteiger partial charge in [-0.05, 0) is 38.4 Å². The number of carbonyl (C=O) groups excluding carboxylic acids is 1. The Kier molecular flexibility index (Phi) is 7.41. The van der Waals surface area contributed by atoms with Gasteiger partial charge in [-0.15, -0.1) is 0 Å². The molecule has 0 fully saturated rings. The Labute approximate surface area is 125 Å². The van der Waals surface area contributed by atoms with Crippen LogP contribution in [0.1, 0.15) is 43.7 Å². The molecule has 5 heteroatoms. The highest BCUT2D eigenvalue weighted by molar-refractivity contribution is 5.76. The van der Waals surface area contributed by atoms with E-state index in [-0.39, 0.29) is 18.0 Å². The van der Waals surface area contributed by atoms with E-state index in [4.69, 9.17) is 11.0 Å². The number of carbonyl (C=O) groups is 1. The number of nitriles is 1. The molecule has 0 atom stereocenters. The molecule has 0 bridgehead atoms. The highest BCUT2D eigenvalue weighted by Gasteiger charge is 2.14. The van der Waals surface area contributed by atoms with Crippen molar-refractivity contribution in [3.63, 3.8) is 0 Å². The Bertz CT molecular complexity index is 511. The maximum atomic E-state index is 13.8. The Morgan fingerprint density at radius 1 is 1.38 bits per heavy atom. The molecule has 21 heavy (non-hydrogen) atoms. The van der Waals surface area contributed by atoms with E-state index in [1.807, 2.05) is 13.0 Å². The third kappa shape index (κ3) is 5.52. The van der Waals surface area contributed by atoms with E-state index < -0.39 is 5.82 Å². The second-order valence-corrected chi connectivity index (χ2v) is 4.93. The summed E-state index contributed by atoms with van der Waals surface area (Å²) in [5, 5.41) is 8.72. The van der Waals surface area contributed by atoms with E-state index in [9.17, 15) is 9.18 Å². The maximum absolute atomic E-state index is 13.8.